The number of benzene rings is 3. The lowest BCUT2D eigenvalue weighted by molar-refractivity contribution is 0.241. The van der Waals surface area contributed by atoms with E-state index in [-0.39, 0.29) is 10.3 Å². The van der Waals surface area contributed by atoms with Crippen LogP contribution in [0.25, 0.3) is 0 Å². The first-order valence-electron chi connectivity index (χ1n) is 10.7. The molecule has 0 unspecified atom stereocenters. The van der Waals surface area contributed by atoms with E-state index in [1.165, 1.54) is 15.3 Å². The predicted octanol–water partition coefficient (Wildman–Crippen LogP) is 6.84. The lowest BCUT2D eigenvalue weighted by Gasteiger charge is -2.43. The maximum absolute atomic E-state index is 12.1. The summed E-state index contributed by atoms with van der Waals surface area (Å²) in [4.78, 5) is 14.2. The summed E-state index contributed by atoms with van der Waals surface area (Å²) in [6.07, 6.45) is 0. The van der Waals surface area contributed by atoms with Gasteiger partial charge in [0.25, 0.3) is 13.6 Å². The van der Waals surface area contributed by atoms with Crippen molar-refractivity contribution in [1.29, 1.82) is 0 Å². The molecule has 3 aromatic rings. The van der Waals surface area contributed by atoms with Crippen molar-refractivity contribution in [3.8, 4) is 0 Å². The number of halogens is 2. The molecule has 174 valence electrons. The zero-order chi connectivity index (χ0) is 24.2. The van der Waals surface area contributed by atoms with Gasteiger partial charge in [-0.05, 0) is 44.9 Å². The Kier molecular flexibility index (Phi) is 8.35. The molecule has 0 aliphatic carbocycles. The molecule has 0 aromatic heterocycles. The molecule has 0 fully saturated rings. The molecule has 0 saturated carbocycles. The number of hydrogen-bond donors (Lipinski definition) is 0. The minimum Gasteiger partial charge on any atom is -0.403 e. The van der Waals surface area contributed by atoms with E-state index in [9.17, 15) is 4.79 Å². The highest BCUT2D eigenvalue weighted by atomic mass is 35.5. The number of carbonyl (C=O) groups is 1. The average molecular weight is 519 g/mol. The molecule has 3 nitrogen and oxygen atoms in total. The van der Waals surface area contributed by atoms with Crippen molar-refractivity contribution in [1.82, 2.24) is 4.90 Å². The predicted molar refractivity (Wildman–Crippen MR) is 144 cm³/mol. The molecule has 0 radical (unpaired) electrons. The number of carbonyl (C=O) groups excluding carboxylic acids is 1. The Bertz CT molecular complexity index is 1040. The van der Waals surface area contributed by atoms with Gasteiger partial charge in [-0.2, -0.15) is 0 Å². The van der Waals surface area contributed by atoms with Crippen molar-refractivity contribution in [2.24, 2.45) is 0 Å². The maximum atomic E-state index is 12.1. The zero-order valence-corrected chi connectivity index (χ0v) is 22.9. The highest BCUT2D eigenvalue weighted by molar-refractivity contribution is 8.13. The fourth-order valence-corrected chi connectivity index (χ4v) is 9.90. The van der Waals surface area contributed by atoms with E-state index in [1.807, 2.05) is 24.3 Å². The van der Waals surface area contributed by atoms with Gasteiger partial charge in [0.1, 0.15) is 0 Å². The van der Waals surface area contributed by atoms with Gasteiger partial charge in [0, 0.05) is 14.1 Å². The van der Waals surface area contributed by atoms with Crippen LogP contribution < -0.4 is 10.4 Å². The minimum atomic E-state index is -2.67. The highest BCUT2D eigenvalue weighted by Gasteiger charge is 2.50. The molecule has 1 amide bonds. The number of hydrogen-bond acceptors (Lipinski definition) is 3. The molecule has 0 atom stereocenters. The Labute approximate surface area is 212 Å². The summed E-state index contributed by atoms with van der Waals surface area (Å²) < 4.78 is 6.96. The molecule has 3 aromatic carbocycles. The summed E-state index contributed by atoms with van der Waals surface area (Å²) in [6.45, 7) is 7.09. The first kappa shape index (κ1) is 25.9. The lowest BCUT2D eigenvalue weighted by Crippen LogP contribution is -2.66. The van der Waals surface area contributed by atoms with Crippen LogP contribution in [-0.2, 0) is 11.0 Å². The third-order valence-corrected chi connectivity index (χ3v) is 12.5. The Morgan fingerprint density at radius 2 is 1.36 bits per heavy atom. The fourth-order valence-electron chi connectivity index (χ4n) is 3.92. The topological polar surface area (TPSA) is 29.5 Å². The van der Waals surface area contributed by atoms with Gasteiger partial charge in [-0.15, -0.1) is 0 Å². The first-order valence-corrected chi connectivity index (χ1v) is 14.2. The van der Waals surface area contributed by atoms with Gasteiger partial charge in [-0.1, -0.05) is 105 Å². The fraction of sp³-hybridized carbons (Fsp3) is 0.269. The molecular weight excluding hydrogens is 489 g/mol. The summed E-state index contributed by atoms with van der Waals surface area (Å²) in [5.41, 5.74) is 0.875. The van der Waals surface area contributed by atoms with Crippen molar-refractivity contribution in [2.45, 2.75) is 37.3 Å². The van der Waals surface area contributed by atoms with Crippen molar-refractivity contribution >= 4 is 58.9 Å². The number of amides is 1. The number of nitrogens with zero attached hydrogens (tertiary/aromatic N) is 1. The standard InChI is InChI=1S/C26H29Cl2NO2SSi/c1-26(2,3)33(20-12-8-6-9-13-20,21-14-10-7-11-15-21)31-18-19-16-22(27)24(23(28)17-19)32-25(30)29(4)5/h6-17H,18H2,1-5H3. The van der Waals surface area contributed by atoms with E-state index < -0.39 is 8.32 Å². The monoisotopic (exact) mass is 517 g/mol. The summed E-state index contributed by atoms with van der Waals surface area (Å²) in [6, 6.07) is 24.7. The second-order valence-corrected chi connectivity index (χ2v) is 15.2. The van der Waals surface area contributed by atoms with Crippen molar-refractivity contribution < 1.29 is 9.22 Å². The molecule has 0 spiro atoms. The molecule has 0 aliphatic rings. The molecule has 0 bridgehead atoms. The van der Waals surface area contributed by atoms with Gasteiger partial charge in [0.2, 0.25) is 0 Å². The van der Waals surface area contributed by atoms with Crippen LogP contribution in [0.3, 0.4) is 0 Å². The third kappa shape index (κ3) is 5.66. The summed E-state index contributed by atoms with van der Waals surface area (Å²) in [5, 5.41) is 3.06. The van der Waals surface area contributed by atoms with Gasteiger partial charge in [0.15, 0.2) is 0 Å². The zero-order valence-electron chi connectivity index (χ0n) is 19.6. The maximum Gasteiger partial charge on any atom is 0.286 e. The molecule has 0 N–H and O–H groups in total. The van der Waals surface area contributed by atoms with E-state index in [2.05, 4.69) is 69.3 Å². The van der Waals surface area contributed by atoms with E-state index in [1.54, 1.807) is 14.1 Å². The second kappa shape index (κ2) is 10.7. The lowest BCUT2D eigenvalue weighted by atomic mass is 10.2. The van der Waals surface area contributed by atoms with Crippen molar-refractivity contribution in [2.75, 3.05) is 14.1 Å². The van der Waals surface area contributed by atoms with Crippen LogP contribution in [0.1, 0.15) is 26.3 Å². The van der Waals surface area contributed by atoms with Crippen molar-refractivity contribution in [3.05, 3.63) is 88.4 Å². The Hall–Kier alpha value is -1.76. The molecule has 0 saturated heterocycles. The molecule has 3 rings (SSSR count). The van der Waals surface area contributed by atoms with Crippen LogP contribution in [0.4, 0.5) is 4.79 Å². The van der Waals surface area contributed by atoms with Gasteiger partial charge >= 0.3 is 0 Å². The Balaban J connectivity index is 2.01. The van der Waals surface area contributed by atoms with E-state index in [0.29, 0.717) is 21.5 Å². The van der Waals surface area contributed by atoms with Gasteiger partial charge < -0.3 is 9.33 Å². The van der Waals surface area contributed by atoms with Crippen LogP contribution in [0, 0.1) is 0 Å². The van der Waals surface area contributed by atoms with Crippen LogP contribution in [0.2, 0.25) is 15.1 Å². The summed E-state index contributed by atoms with van der Waals surface area (Å²) >= 11 is 14.1. The van der Waals surface area contributed by atoms with Gasteiger partial charge in [-0.25, -0.2) is 0 Å². The molecule has 7 heteroatoms. The van der Waals surface area contributed by atoms with Gasteiger partial charge in [0.05, 0.1) is 21.5 Å². The smallest absolute Gasteiger partial charge is 0.286 e. The summed E-state index contributed by atoms with van der Waals surface area (Å²) in [7, 11) is 0.722. The normalized spacial score (nSPS) is 12.0. The van der Waals surface area contributed by atoms with Crippen LogP contribution in [-0.4, -0.2) is 32.6 Å². The van der Waals surface area contributed by atoms with Crippen LogP contribution in [0.5, 0.6) is 0 Å². The average Bonchev–Trinajstić information content (AvgIpc) is 2.77. The van der Waals surface area contributed by atoms with E-state index in [4.69, 9.17) is 27.6 Å². The minimum absolute atomic E-state index is 0.128. The van der Waals surface area contributed by atoms with Gasteiger partial charge in [-0.3, -0.25) is 4.79 Å². The quantitative estimate of drug-likeness (QED) is 0.264. The Morgan fingerprint density at radius 1 is 0.909 bits per heavy atom. The Morgan fingerprint density at radius 3 is 1.76 bits per heavy atom. The molecule has 0 aliphatic heterocycles. The third-order valence-electron chi connectivity index (χ3n) is 5.48. The van der Waals surface area contributed by atoms with Crippen LogP contribution >= 0.6 is 35.0 Å². The molecule has 33 heavy (non-hydrogen) atoms. The largest absolute Gasteiger partial charge is 0.403 e. The van der Waals surface area contributed by atoms with Crippen molar-refractivity contribution in [3.63, 3.8) is 0 Å². The molecular formula is C26H29Cl2NO2SSi. The SMILES string of the molecule is CN(C)C(=O)Sc1c(Cl)cc(CO[Si](c2ccccc2)(c2ccccc2)C(C)(C)C)cc1Cl. The van der Waals surface area contributed by atoms with E-state index in [0.717, 1.165) is 17.3 Å². The number of rotatable bonds is 6. The number of thioether (sulfide) groups is 1. The second-order valence-electron chi connectivity index (χ2n) is 9.10. The highest BCUT2D eigenvalue weighted by Crippen LogP contribution is 2.39. The molecule has 0 heterocycles. The van der Waals surface area contributed by atoms with Crippen LogP contribution in [0.15, 0.2) is 77.7 Å². The summed E-state index contributed by atoms with van der Waals surface area (Å²) in [5.74, 6) is 0. The van der Waals surface area contributed by atoms with E-state index >= 15 is 0 Å². The first-order chi connectivity index (χ1) is 15.6.